The third kappa shape index (κ3) is 6.63. The van der Waals surface area contributed by atoms with Gasteiger partial charge in [-0.3, -0.25) is 13.7 Å². The van der Waals surface area contributed by atoms with E-state index in [0.717, 1.165) is 23.2 Å². The molecule has 0 radical (unpaired) electrons. The molecular formula is C34H35BF4N2O6S. The predicted molar refractivity (Wildman–Crippen MR) is 175 cm³/mol. The molecule has 0 bridgehead atoms. The Kier molecular flexibility index (Phi) is 8.76. The van der Waals surface area contributed by atoms with Gasteiger partial charge in [-0.2, -0.15) is 13.2 Å². The van der Waals surface area contributed by atoms with Crippen LogP contribution >= 0.6 is 0 Å². The zero-order valence-electron chi connectivity index (χ0n) is 26.8. The molecule has 1 atom stereocenters. The van der Waals surface area contributed by atoms with Crippen molar-refractivity contribution in [3.8, 4) is 0 Å². The van der Waals surface area contributed by atoms with Gasteiger partial charge in [0.15, 0.2) is 0 Å². The third-order valence-corrected chi connectivity index (χ3v) is 10.2. The minimum Gasteiger partial charge on any atom is -0.460 e. The summed E-state index contributed by atoms with van der Waals surface area (Å²) in [6, 6.07) is 12.8. The Labute approximate surface area is 278 Å². The summed E-state index contributed by atoms with van der Waals surface area (Å²) in [5, 5.41) is 0.423. The van der Waals surface area contributed by atoms with Crippen LogP contribution < -0.4 is 15.5 Å². The van der Waals surface area contributed by atoms with Gasteiger partial charge < -0.3 is 19.5 Å². The van der Waals surface area contributed by atoms with E-state index in [1.54, 1.807) is 18.2 Å². The van der Waals surface area contributed by atoms with Crippen molar-refractivity contribution in [2.75, 3.05) is 10.8 Å². The summed E-state index contributed by atoms with van der Waals surface area (Å²) in [7, 11) is -0.994. The van der Waals surface area contributed by atoms with Gasteiger partial charge in [0.1, 0.15) is 17.2 Å². The van der Waals surface area contributed by atoms with E-state index in [9.17, 15) is 31.1 Å². The Hall–Kier alpha value is -3.72. The number of nitrogens with two attached hydrogens (primary N) is 1. The van der Waals surface area contributed by atoms with Crippen molar-refractivity contribution in [3.63, 3.8) is 0 Å². The van der Waals surface area contributed by atoms with Crippen molar-refractivity contribution >= 4 is 46.4 Å². The minimum atomic E-state index is -4.71. The number of anilines is 1. The Bertz CT molecular complexity index is 1890. The summed E-state index contributed by atoms with van der Waals surface area (Å²) < 4.78 is 99.0. The first-order chi connectivity index (χ1) is 22.4. The van der Waals surface area contributed by atoms with E-state index in [2.05, 4.69) is 0 Å². The van der Waals surface area contributed by atoms with Gasteiger partial charge >= 0.3 is 13.3 Å². The van der Waals surface area contributed by atoms with Crippen molar-refractivity contribution in [2.45, 2.75) is 76.7 Å². The van der Waals surface area contributed by atoms with Crippen LogP contribution in [-0.2, 0) is 39.6 Å². The maximum atomic E-state index is 14.4. The molecule has 3 N–H and O–H groups in total. The SMILES string of the molecule is CC1(C)OB(c2ccc(CCN(c3cc4oc(Cc5ccc(F)cc5)c(C(N)=O)c4cc3C3CC3)S(=O)O)c(C(F)(F)F)c2)OC1(C)C. The topological polar surface area (TPSA) is 115 Å². The Morgan fingerprint density at radius 3 is 2.25 bits per heavy atom. The lowest BCUT2D eigenvalue weighted by molar-refractivity contribution is -0.138. The second kappa shape index (κ2) is 12.3. The minimum absolute atomic E-state index is 0.0107. The molecule has 48 heavy (non-hydrogen) atoms. The zero-order valence-corrected chi connectivity index (χ0v) is 27.6. The van der Waals surface area contributed by atoms with Gasteiger partial charge in [0.25, 0.3) is 17.2 Å². The number of carbonyl (C=O) groups excluding carboxylic acids is 1. The highest BCUT2D eigenvalue weighted by molar-refractivity contribution is 7.80. The molecular weight excluding hydrogens is 651 g/mol. The van der Waals surface area contributed by atoms with Crippen molar-refractivity contribution < 1.29 is 44.8 Å². The number of fused-ring (bicyclic) bond motifs is 1. The van der Waals surface area contributed by atoms with Crippen molar-refractivity contribution in [3.05, 3.63) is 94.0 Å². The van der Waals surface area contributed by atoms with Crippen LogP contribution in [0.1, 0.15) is 84.8 Å². The van der Waals surface area contributed by atoms with Gasteiger partial charge in [0.05, 0.1) is 28.0 Å². The average molecular weight is 687 g/mol. The molecule has 2 aliphatic rings. The molecule has 1 amide bonds. The van der Waals surface area contributed by atoms with Crippen LogP contribution in [-0.4, -0.2) is 39.5 Å². The van der Waals surface area contributed by atoms with E-state index < -0.39 is 53.1 Å². The molecule has 1 saturated heterocycles. The van der Waals surface area contributed by atoms with Crippen LogP contribution in [0.25, 0.3) is 11.0 Å². The molecule has 254 valence electrons. The van der Waals surface area contributed by atoms with Gasteiger partial charge in [0.2, 0.25) is 0 Å². The molecule has 1 saturated carbocycles. The first kappa shape index (κ1) is 34.2. The number of furan rings is 1. The fourth-order valence-electron chi connectivity index (χ4n) is 6.03. The van der Waals surface area contributed by atoms with Crippen LogP contribution in [0.15, 0.2) is 59.0 Å². The Morgan fingerprint density at radius 1 is 1.04 bits per heavy atom. The molecule has 1 aliphatic carbocycles. The molecule has 1 aromatic heterocycles. The van der Waals surface area contributed by atoms with E-state index >= 15 is 0 Å². The number of hydrogen-bond donors (Lipinski definition) is 2. The number of primary amides is 1. The lowest BCUT2D eigenvalue weighted by atomic mass is 9.77. The monoisotopic (exact) mass is 686 g/mol. The number of carbonyl (C=O) groups is 1. The molecule has 6 rings (SSSR count). The zero-order chi connectivity index (χ0) is 34.8. The van der Waals surface area contributed by atoms with Gasteiger partial charge in [0, 0.05) is 24.4 Å². The van der Waals surface area contributed by atoms with Crippen LogP contribution in [0.2, 0.25) is 0 Å². The number of halogens is 4. The maximum Gasteiger partial charge on any atom is 0.494 e. The maximum absolute atomic E-state index is 14.4. The Balaban J connectivity index is 1.34. The average Bonchev–Trinajstić information content (AvgIpc) is 3.73. The molecule has 14 heteroatoms. The highest BCUT2D eigenvalue weighted by Crippen LogP contribution is 2.47. The van der Waals surface area contributed by atoms with Crippen molar-refractivity contribution in [2.24, 2.45) is 5.73 Å². The van der Waals surface area contributed by atoms with E-state index in [0.29, 0.717) is 22.2 Å². The van der Waals surface area contributed by atoms with Gasteiger partial charge in [-0.15, -0.1) is 0 Å². The normalized spacial score (nSPS) is 18.0. The summed E-state index contributed by atoms with van der Waals surface area (Å²) >= 11 is -2.62. The first-order valence-corrected chi connectivity index (χ1v) is 16.6. The Morgan fingerprint density at radius 2 is 1.69 bits per heavy atom. The van der Waals surface area contributed by atoms with Gasteiger partial charge in [-0.25, -0.2) is 8.60 Å². The molecule has 1 unspecified atom stereocenters. The third-order valence-electron chi connectivity index (χ3n) is 9.46. The number of rotatable bonds is 10. The van der Waals surface area contributed by atoms with Crippen molar-refractivity contribution in [1.29, 1.82) is 0 Å². The standard InChI is InChI=1S/C34H35BF4N2O6S/c1-32(2)33(3,4)47-35(46-32)22-10-9-21(26(16-22)34(37,38)39)13-14-41(48(43)44)27-18-28-25(17-24(27)20-7-8-20)30(31(40)42)29(45-28)15-19-5-11-23(36)12-6-19/h5-6,9-12,16-18,20H,7-8,13-15H2,1-4H3,(H2,40,42)(H,43,44). The van der Waals surface area contributed by atoms with Crippen LogP contribution in [0, 0.1) is 5.82 Å². The summed E-state index contributed by atoms with van der Waals surface area (Å²) in [5.41, 5.74) is 5.55. The molecule has 3 aromatic carbocycles. The first-order valence-electron chi connectivity index (χ1n) is 15.5. The van der Waals surface area contributed by atoms with Crippen molar-refractivity contribution in [1.82, 2.24) is 0 Å². The highest BCUT2D eigenvalue weighted by Gasteiger charge is 2.52. The van der Waals surface area contributed by atoms with Crippen LogP contribution in [0.5, 0.6) is 0 Å². The number of benzene rings is 3. The number of hydrogen-bond acceptors (Lipinski definition) is 5. The molecule has 0 spiro atoms. The second-order valence-corrected chi connectivity index (χ2v) is 14.2. The highest BCUT2D eigenvalue weighted by atomic mass is 32.2. The van der Waals surface area contributed by atoms with Gasteiger partial charge in [-0.05, 0) is 99.3 Å². The number of alkyl halides is 3. The smallest absolute Gasteiger partial charge is 0.460 e. The number of nitrogens with zero attached hydrogens (tertiary/aromatic N) is 1. The molecule has 1 aliphatic heterocycles. The van der Waals surface area contributed by atoms with E-state index in [1.807, 2.05) is 27.7 Å². The van der Waals surface area contributed by atoms with E-state index in [-0.39, 0.29) is 53.2 Å². The molecule has 2 heterocycles. The molecule has 4 aromatic rings. The van der Waals surface area contributed by atoms with Crippen LogP contribution in [0.3, 0.4) is 0 Å². The second-order valence-electron chi connectivity index (χ2n) is 13.3. The molecule has 8 nitrogen and oxygen atoms in total. The van der Waals surface area contributed by atoms with Gasteiger partial charge in [-0.1, -0.05) is 24.3 Å². The quantitative estimate of drug-likeness (QED) is 0.110. The van der Waals surface area contributed by atoms with Crippen LogP contribution in [0.4, 0.5) is 23.2 Å². The summed E-state index contributed by atoms with van der Waals surface area (Å²) in [5.74, 6) is -0.891. The van der Waals surface area contributed by atoms with E-state index in [1.165, 1.54) is 30.3 Å². The lowest BCUT2D eigenvalue weighted by Gasteiger charge is -2.32. The number of amides is 1. The lowest BCUT2D eigenvalue weighted by Crippen LogP contribution is -2.41. The summed E-state index contributed by atoms with van der Waals surface area (Å²) in [4.78, 5) is 12.6. The fourth-order valence-corrected chi connectivity index (χ4v) is 6.60. The molecule has 2 fully saturated rings. The fraction of sp³-hybridized carbons (Fsp3) is 0.382. The predicted octanol–water partition coefficient (Wildman–Crippen LogP) is 6.64. The van der Waals surface area contributed by atoms with E-state index in [4.69, 9.17) is 19.5 Å². The summed E-state index contributed by atoms with van der Waals surface area (Å²) in [6.45, 7) is 7.01. The summed E-state index contributed by atoms with van der Waals surface area (Å²) in [6.07, 6.45) is -3.21. The largest absolute Gasteiger partial charge is 0.494 e.